The molecule has 1 aliphatic heterocycles. The predicted molar refractivity (Wildman–Crippen MR) is 118 cm³/mol. The molecule has 31 heavy (non-hydrogen) atoms. The van der Waals surface area contributed by atoms with Crippen molar-refractivity contribution in [1.82, 2.24) is 24.8 Å². The highest BCUT2D eigenvalue weighted by atomic mass is 16.5. The Morgan fingerprint density at radius 3 is 2.74 bits per heavy atom. The molecule has 2 aromatic heterocycles. The number of anilines is 1. The van der Waals surface area contributed by atoms with Gasteiger partial charge in [0.2, 0.25) is 5.91 Å². The summed E-state index contributed by atoms with van der Waals surface area (Å²) in [7, 11) is 1.68. The number of methoxy groups -OCH3 is 1. The SMILES string of the molecule is COCCCCC(=O)N1CCN(c2noc(-c3ccc4cnn(C(C)C)c4c3)n2)CC1. The largest absolute Gasteiger partial charge is 0.385 e. The van der Waals surface area contributed by atoms with Crippen LogP contribution in [0.1, 0.15) is 39.2 Å². The van der Waals surface area contributed by atoms with Crippen LogP contribution in [0.4, 0.5) is 5.95 Å². The van der Waals surface area contributed by atoms with E-state index in [0.717, 1.165) is 29.3 Å². The molecule has 9 heteroatoms. The van der Waals surface area contributed by atoms with E-state index in [9.17, 15) is 4.79 Å². The van der Waals surface area contributed by atoms with Crippen molar-refractivity contribution in [3.63, 3.8) is 0 Å². The number of unbranched alkanes of at least 4 members (excludes halogenated alkanes) is 1. The molecular weight excluding hydrogens is 396 g/mol. The van der Waals surface area contributed by atoms with E-state index in [1.165, 1.54) is 0 Å². The standard InChI is InChI=1S/C22H30N6O3/c1-16(2)28-19-14-17(7-8-18(19)15-23-28)21-24-22(25-31-21)27-11-9-26(10-12-27)20(29)6-4-5-13-30-3/h7-8,14-16H,4-6,9-13H2,1-3H3. The number of amides is 1. The van der Waals surface area contributed by atoms with E-state index >= 15 is 0 Å². The maximum absolute atomic E-state index is 12.4. The molecule has 0 radical (unpaired) electrons. The molecule has 0 bridgehead atoms. The molecule has 0 aliphatic carbocycles. The van der Waals surface area contributed by atoms with Crippen molar-refractivity contribution in [2.75, 3.05) is 44.8 Å². The highest BCUT2D eigenvalue weighted by Crippen LogP contribution is 2.26. The van der Waals surface area contributed by atoms with Gasteiger partial charge in [-0.05, 0) is 44.0 Å². The minimum atomic E-state index is 0.208. The number of nitrogens with zero attached hydrogens (tertiary/aromatic N) is 6. The summed E-state index contributed by atoms with van der Waals surface area (Å²) in [5.41, 5.74) is 1.92. The number of hydrogen-bond donors (Lipinski definition) is 0. The third kappa shape index (κ3) is 4.71. The van der Waals surface area contributed by atoms with Gasteiger partial charge >= 0.3 is 0 Å². The second kappa shape index (κ2) is 9.47. The third-order valence-electron chi connectivity index (χ3n) is 5.65. The summed E-state index contributed by atoms with van der Waals surface area (Å²) in [5.74, 6) is 1.27. The van der Waals surface area contributed by atoms with Gasteiger partial charge in [0, 0.05) is 63.3 Å². The zero-order valence-corrected chi connectivity index (χ0v) is 18.5. The van der Waals surface area contributed by atoms with Crippen LogP contribution in [0.15, 0.2) is 28.9 Å². The number of fused-ring (bicyclic) bond motifs is 1. The normalized spacial score (nSPS) is 14.7. The van der Waals surface area contributed by atoms with Crippen molar-refractivity contribution >= 4 is 22.8 Å². The van der Waals surface area contributed by atoms with Gasteiger partial charge in [-0.1, -0.05) is 6.07 Å². The molecule has 166 valence electrons. The Morgan fingerprint density at radius 1 is 1.19 bits per heavy atom. The Morgan fingerprint density at radius 2 is 2.00 bits per heavy atom. The van der Waals surface area contributed by atoms with Crippen LogP contribution in [0.2, 0.25) is 0 Å². The maximum atomic E-state index is 12.4. The summed E-state index contributed by atoms with van der Waals surface area (Å²) in [5, 5.41) is 9.73. The Labute approximate surface area is 181 Å². The number of carbonyl (C=O) groups excluding carboxylic acids is 1. The van der Waals surface area contributed by atoms with Gasteiger partial charge in [-0.25, -0.2) is 0 Å². The number of hydrogen-bond acceptors (Lipinski definition) is 7. The lowest BCUT2D eigenvalue weighted by atomic mass is 10.1. The predicted octanol–water partition coefficient (Wildman–Crippen LogP) is 3.13. The molecule has 0 spiro atoms. The van der Waals surface area contributed by atoms with Crippen molar-refractivity contribution in [2.45, 2.75) is 39.2 Å². The van der Waals surface area contributed by atoms with Gasteiger partial charge < -0.3 is 19.1 Å². The molecule has 3 heterocycles. The van der Waals surface area contributed by atoms with Gasteiger partial charge in [-0.2, -0.15) is 10.1 Å². The smallest absolute Gasteiger partial charge is 0.266 e. The van der Waals surface area contributed by atoms with E-state index in [4.69, 9.17) is 9.26 Å². The second-order valence-corrected chi connectivity index (χ2v) is 8.17. The van der Waals surface area contributed by atoms with E-state index in [1.807, 2.05) is 34.0 Å². The van der Waals surface area contributed by atoms with Crippen LogP contribution < -0.4 is 4.90 Å². The van der Waals surface area contributed by atoms with Gasteiger partial charge in [-0.15, -0.1) is 0 Å². The van der Waals surface area contributed by atoms with E-state index < -0.39 is 0 Å². The lowest BCUT2D eigenvalue weighted by Gasteiger charge is -2.34. The Kier molecular flexibility index (Phi) is 6.50. The lowest BCUT2D eigenvalue weighted by Crippen LogP contribution is -2.49. The van der Waals surface area contributed by atoms with Gasteiger partial charge in [0.1, 0.15) is 0 Å². The fraction of sp³-hybridized carbons (Fsp3) is 0.545. The summed E-state index contributed by atoms with van der Waals surface area (Å²) in [6.45, 7) is 7.65. The van der Waals surface area contributed by atoms with Crippen LogP contribution >= 0.6 is 0 Å². The molecule has 0 atom stereocenters. The van der Waals surface area contributed by atoms with Gasteiger partial charge in [-0.3, -0.25) is 9.48 Å². The molecule has 3 aromatic rings. The molecule has 1 aromatic carbocycles. The summed E-state index contributed by atoms with van der Waals surface area (Å²) in [4.78, 5) is 21.0. The summed E-state index contributed by atoms with van der Waals surface area (Å²) < 4.78 is 12.6. The van der Waals surface area contributed by atoms with Crippen LogP contribution in [0.3, 0.4) is 0 Å². The molecule has 1 fully saturated rings. The molecule has 1 saturated heterocycles. The number of ether oxygens (including phenoxy) is 1. The first-order chi connectivity index (χ1) is 15.1. The van der Waals surface area contributed by atoms with Crippen LogP contribution in [0.5, 0.6) is 0 Å². The molecule has 1 aliphatic rings. The average Bonchev–Trinajstić information content (AvgIpc) is 3.43. The lowest BCUT2D eigenvalue weighted by molar-refractivity contribution is -0.131. The van der Waals surface area contributed by atoms with E-state index in [-0.39, 0.29) is 11.9 Å². The number of benzene rings is 1. The summed E-state index contributed by atoms with van der Waals surface area (Å²) >= 11 is 0. The zero-order chi connectivity index (χ0) is 21.8. The fourth-order valence-electron chi connectivity index (χ4n) is 3.88. The summed E-state index contributed by atoms with van der Waals surface area (Å²) in [6.07, 6.45) is 4.22. The van der Waals surface area contributed by atoms with Gasteiger partial charge in [0.15, 0.2) is 0 Å². The monoisotopic (exact) mass is 426 g/mol. The van der Waals surface area contributed by atoms with E-state index in [1.54, 1.807) is 7.11 Å². The van der Waals surface area contributed by atoms with Gasteiger partial charge in [0.05, 0.1) is 11.7 Å². The number of aromatic nitrogens is 4. The zero-order valence-electron chi connectivity index (χ0n) is 18.5. The molecular formula is C22H30N6O3. The Balaban J connectivity index is 1.38. The topological polar surface area (TPSA) is 89.5 Å². The minimum Gasteiger partial charge on any atom is -0.385 e. The van der Waals surface area contributed by atoms with Gasteiger partial charge in [0.25, 0.3) is 11.8 Å². The van der Waals surface area contributed by atoms with Crippen molar-refractivity contribution in [3.05, 3.63) is 24.4 Å². The molecule has 4 rings (SSSR count). The van der Waals surface area contributed by atoms with E-state index in [2.05, 4.69) is 34.0 Å². The first-order valence-electron chi connectivity index (χ1n) is 10.9. The molecule has 9 nitrogen and oxygen atoms in total. The quantitative estimate of drug-likeness (QED) is 0.511. The number of rotatable bonds is 8. The third-order valence-corrected chi connectivity index (χ3v) is 5.65. The first-order valence-corrected chi connectivity index (χ1v) is 10.9. The van der Waals surface area contributed by atoms with Crippen LogP contribution in [0.25, 0.3) is 22.4 Å². The molecule has 0 saturated carbocycles. The molecule has 0 unspecified atom stereocenters. The maximum Gasteiger partial charge on any atom is 0.266 e. The molecule has 1 amide bonds. The number of carbonyl (C=O) groups is 1. The van der Waals surface area contributed by atoms with Crippen molar-refractivity contribution in [2.24, 2.45) is 0 Å². The molecule has 0 N–H and O–H groups in total. The highest BCUT2D eigenvalue weighted by molar-refractivity contribution is 5.83. The van der Waals surface area contributed by atoms with E-state index in [0.29, 0.717) is 51.0 Å². The fourth-order valence-corrected chi connectivity index (χ4v) is 3.88. The first kappa shape index (κ1) is 21.3. The van der Waals surface area contributed by atoms with Crippen LogP contribution in [0, 0.1) is 0 Å². The van der Waals surface area contributed by atoms with Crippen LogP contribution in [-0.4, -0.2) is 70.6 Å². The van der Waals surface area contributed by atoms with Crippen molar-refractivity contribution in [1.29, 1.82) is 0 Å². The number of piperazine rings is 1. The highest BCUT2D eigenvalue weighted by Gasteiger charge is 2.24. The summed E-state index contributed by atoms with van der Waals surface area (Å²) in [6, 6.07) is 6.31. The minimum absolute atomic E-state index is 0.208. The van der Waals surface area contributed by atoms with Crippen molar-refractivity contribution < 1.29 is 14.1 Å². The Hall–Kier alpha value is -2.94. The van der Waals surface area contributed by atoms with Crippen molar-refractivity contribution in [3.8, 4) is 11.5 Å². The van der Waals surface area contributed by atoms with Crippen LogP contribution in [-0.2, 0) is 9.53 Å². The average molecular weight is 427 g/mol. The second-order valence-electron chi connectivity index (χ2n) is 8.17. The Bertz CT molecular complexity index is 1020.